The smallest absolute Gasteiger partial charge is 0.231 e. The van der Waals surface area contributed by atoms with Crippen molar-refractivity contribution < 1.29 is 14.1 Å². The highest BCUT2D eigenvalue weighted by Crippen LogP contribution is 2.17. The Kier molecular flexibility index (Phi) is 5.33. The molecule has 118 valence electrons. The Morgan fingerprint density at radius 3 is 2.90 bits per heavy atom. The van der Waals surface area contributed by atoms with E-state index in [1.165, 1.54) is 0 Å². The third-order valence-electron chi connectivity index (χ3n) is 3.73. The van der Waals surface area contributed by atoms with E-state index < -0.39 is 0 Å². The van der Waals surface area contributed by atoms with Gasteiger partial charge in [0, 0.05) is 31.7 Å². The van der Waals surface area contributed by atoms with Crippen LogP contribution in [0.25, 0.3) is 0 Å². The fourth-order valence-electron chi connectivity index (χ4n) is 2.66. The number of amides is 1. The third-order valence-corrected chi connectivity index (χ3v) is 3.73. The number of aromatic nitrogens is 1. The number of hydrogen-bond donors (Lipinski definition) is 1. The number of likely N-dealkylation sites (N-methyl/N-ethyl adjacent to an activating group) is 1. The molecule has 1 aliphatic heterocycles. The van der Waals surface area contributed by atoms with Gasteiger partial charge in [0.2, 0.25) is 5.91 Å². The molecule has 7 heteroatoms. The Morgan fingerprint density at radius 2 is 2.29 bits per heavy atom. The van der Waals surface area contributed by atoms with Crippen molar-refractivity contribution >= 4 is 5.91 Å². The molecule has 2 rings (SSSR count). The fourth-order valence-corrected chi connectivity index (χ4v) is 2.66. The number of carbonyl (C=O) groups excluding carboxylic acids is 1. The van der Waals surface area contributed by atoms with Gasteiger partial charge in [-0.3, -0.25) is 14.6 Å². The van der Waals surface area contributed by atoms with Gasteiger partial charge in [0.05, 0.1) is 24.9 Å². The first-order chi connectivity index (χ1) is 9.95. The van der Waals surface area contributed by atoms with Crippen LogP contribution in [-0.2, 0) is 16.1 Å². The molecule has 1 fully saturated rings. The Hall–Kier alpha value is -1.44. The second kappa shape index (κ2) is 7.02. The number of morpholine rings is 1. The first-order valence-electron chi connectivity index (χ1n) is 7.18. The molecule has 21 heavy (non-hydrogen) atoms. The van der Waals surface area contributed by atoms with Crippen LogP contribution < -0.4 is 5.73 Å². The summed E-state index contributed by atoms with van der Waals surface area (Å²) in [6.45, 7) is 8.08. The van der Waals surface area contributed by atoms with Gasteiger partial charge in [-0.2, -0.15) is 0 Å². The minimum atomic E-state index is -0.319. The monoisotopic (exact) mass is 296 g/mol. The molecule has 1 aliphatic rings. The van der Waals surface area contributed by atoms with Crippen LogP contribution in [0.15, 0.2) is 4.52 Å². The molecule has 0 radical (unpaired) electrons. The minimum absolute atomic E-state index is 0.0866. The highest BCUT2D eigenvalue weighted by molar-refractivity contribution is 5.75. The SMILES string of the molecule is Cc1noc(C)c1CN1CCO[C@H](CN(C)CC(N)=O)C1. The minimum Gasteiger partial charge on any atom is -0.374 e. The highest BCUT2D eigenvalue weighted by Gasteiger charge is 2.23. The van der Waals surface area contributed by atoms with Crippen molar-refractivity contribution in [2.24, 2.45) is 5.73 Å². The van der Waals surface area contributed by atoms with E-state index in [4.69, 9.17) is 15.0 Å². The fraction of sp³-hybridized carbons (Fsp3) is 0.714. The number of nitrogens with two attached hydrogens (primary N) is 1. The molecule has 2 N–H and O–H groups in total. The Morgan fingerprint density at radius 1 is 1.52 bits per heavy atom. The zero-order valence-corrected chi connectivity index (χ0v) is 13.0. The average Bonchev–Trinajstić information content (AvgIpc) is 2.70. The van der Waals surface area contributed by atoms with Gasteiger partial charge in [0.1, 0.15) is 5.76 Å². The van der Waals surface area contributed by atoms with E-state index in [-0.39, 0.29) is 18.6 Å². The lowest BCUT2D eigenvalue weighted by molar-refractivity contribution is -0.119. The van der Waals surface area contributed by atoms with E-state index in [9.17, 15) is 4.79 Å². The van der Waals surface area contributed by atoms with E-state index in [0.717, 1.165) is 36.7 Å². The molecule has 0 bridgehead atoms. The number of rotatable bonds is 6. The first-order valence-corrected chi connectivity index (χ1v) is 7.18. The maximum atomic E-state index is 10.9. The molecule has 0 aromatic carbocycles. The second-order valence-corrected chi connectivity index (χ2v) is 5.69. The lowest BCUT2D eigenvalue weighted by Crippen LogP contribution is -2.47. The molecular formula is C14H24N4O3. The van der Waals surface area contributed by atoms with Gasteiger partial charge in [0.15, 0.2) is 0 Å². The Labute approximate surface area is 125 Å². The van der Waals surface area contributed by atoms with Crippen molar-refractivity contribution in [3.8, 4) is 0 Å². The van der Waals surface area contributed by atoms with Gasteiger partial charge in [-0.1, -0.05) is 5.16 Å². The van der Waals surface area contributed by atoms with Crippen molar-refractivity contribution in [3.63, 3.8) is 0 Å². The zero-order valence-electron chi connectivity index (χ0n) is 13.0. The Balaban J connectivity index is 1.87. The van der Waals surface area contributed by atoms with Crippen molar-refractivity contribution in [2.45, 2.75) is 26.5 Å². The number of nitrogens with zero attached hydrogens (tertiary/aromatic N) is 3. The molecule has 1 amide bonds. The van der Waals surface area contributed by atoms with E-state index in [1.54, 1.807) is 0 Å². The zero-order chi connectivity index (χ0) is 15.4. The van der Waals surface area contributed by atoms with E-state index in [2.05, 4.69) is 10.1 Å². The van der Waals surface area contributed by atoms with Crippen molar-refractivity contribution in [3.05, 3.63) is 17.0 Å². The third kappa shape index (κ3) is 4.52. The number of primary amides is 1. The molecule has 1 saturated heterocycles. The molecule has 0 saturated carbocycles. The van der Waals surface area contributed by atoms with Gasteiger partial charge in [0.25, 0.3) is 0 Å². The Bertz CT molecular complexity index is 469. The molecular weight excluding hydrogens is 272 g/mol. The van der Waals surface area contributed by atoms with Crippen LogP contribution in [-0.4, -0.2) is 66.8 Å². The largest absolute Gasteiger partial charge is 0.374 e. The summed E-state index contributed by atoms with van der Waals surface area (Å²) in [6.07, 6.45) is 0.0866. The molecule has 1 atom stereocenters. The summed E-state index contributed by atoms with van der Waals surface area (Å²) >= 11 is 0. The van der Waals surface area contributed by atoms with Crippen LogP contribution in [0, 0.1) is 13.8 Å². The summed E-state index contributed by atoms with van der Waals surface area (Å²) in [6, 6.07) is 0. The van der Waals surface area contributed by atoms with Crippen LogP contribution in [0.3, 0.4) is 0 Å². The summed E-state index contributed by atoms with van der Waals surface area (Å²) < 4.78 is 11.0. The number of carbonyl (C=O) groups is 1. The van der Waals surface area contributed by atoms with Crippen LogP contribution in [0.5, 0.6) is 0 Å². The predicted octanol–water partition coefficient (Wildman–Crippen LogP) is -0.0907. The molecule has 0 aliphatic carbocycles. The van der Waals surface area contributed by atoms with E-state index in [0.29, 0.717) is 13.2 Å². The molecule has 1 aromatic heterocycles. The summed E-state index contributed by atoms with van der Waals surface area (Å²) in [4.78, 5) is 15.1. The molecule has 0 spiro atoms. The van der Waals surface area contributed by atoms with Crippen LogP contribution in [0.2, 0.25) is 0 Å². The van der Waals surface area contributed by atoms with Gasteiger partial charge >= 0.3 is 0 Å². The topological polar surface area (TPSA) is 84.8 Å². The number of hydrogen-bond acceptors (Lipinski definition) is 6. The standard InChI is InChI=1S/C14H24N4O3/c1-10-13(11(2)21-16-10)8-18-4-5-20-12(7-18)6-17(3)9-14(15)19/h12H,4-9H2,1-3H3,(H2,15,19)/t12-/m1/s1. The van der Waals surface area contributed by atoms with Gasteiger partial charge in [-0.25, -0.2) is 0 Å². The van der Waals surface area contributed by atoms with E-state index in [1.807, 2.05) is 25.8 Å². The quantitative estimate of drug-likeness (QED) is 0.789. The maximum absolute atomic E-state index is 10.9. The molecule has 0 unspecified atom stereocenters. The van der Waals surface area contributed by atoms with Gasteiger partial charge in [-0.15, -0.1) is 0 Å². The summed E-state index contributed by atoms with van der Waals surface area (Å²) in [5, 5.41) is 3.99. The summed E-state index contributed by atoms with van der Waals surface area (Å²) in [7, 11) is 1.88. The maximum Gasteiger partial charge on any atom is 0.231 e. The highest BCUT2D eigenvalue weighted by atomic mass is 16.5. The average molecular weight is 296 g/mol. The van der Waals surface area contributed by atoms with Crippen molar-refractivity contribution in [1.29, 1.82) is 0 Å². The number of ether oxygens (including phenoxy) is 1. The molecule has 1 aromatic rings. The van der Waals surface area contributed by atoms with E-state index >= 15 is 0 Å². The predicted molar refractivity (Wildman–Crippen MR) is 77.7 cm³/mol. The lowest BCUT2D eigenvalue weighted by Gasteiger charge is -2.34. The van der Waals surface area contributed by atoms with Crippen molar-refractivity contribution in [1.82, 2.24) is 15.0 Å². The molecule has 7 nitrogen and oxygen atoms in total. The summed E-state index contributed by atoms with van der Waals surface area (Å²) in [5.74, 6) is 0.558. The normalized spacial score (nSPS) is 20.1. The summed E-state index contributed by atoms with van der Waals surface area (Å²) in [5.41, 5.74) is 7.30. The van der Waals surface area contributed by atoms with Gasteiger partial charge < -0.3 is 15.0 Å². The van der Waals surface area contributed by atoms with Gasteiger partial charge in [-0.05, 0) is 20.9 Å². The van der Waals surface area contributed by atoms with Crippen LogP contribution in [0.4, 0.5) is 0 Å². The van der Waals surface area contributed by atoms with Crippen molar-refractivity contribution in [2.75, 3.05) is 39.8 Å². The lowest BCUT2D eigenvalue weighted by atomic mass is 10.1. The second-order valence-electron chi connectivity index (χ2n) is 5.69. The van der Waals surface area contributed by atoms with Crippen LogP contribution in [0.1, 0.15) is 17.0 Å². The van der Waals surface area contributed by atoms with Crippen LogP contribution >= 0.6 is 0 Å². The first kappa shape index (κ1) is 15.9. The number of aryl methyl sites for hydroxylation is 2. The molecule has 2 heterocycles.